The normalized spacial score (nSPS) is 12.5. The summed E-state index contributed by atoms with van der Waals surface area (Å²) in [5.41, 5.74) is 6.83. The lowest BCUT2D eigenvalue weighted by atomic mass is 10.1. The Morgan fingerprint density at radius 3 is 2.67 bits per heavy atom. The summed E-state index contributed by atoms with van der Waals surface area (Å²) in [6.07, 6.45) is 1.57. The molecule has 7 nitrogen and oxygen atoms in total. The van der Waals surface area contributed by atoms with Gasteiger partial charge in [-0.15, -0.1) is 0 Å². The van der Waals surface area contributed by atoms with Crippen molar-refractivity contribution >= 4 is 28.6 Å². The second-order valence-corrected chi connectivity index (χ2v) is 6.92. The first-order valence-electron chi connectivity index (χ1n) is 6.91. The van der Waals surface area contributed by atoms with Gasteiger partial charge in [-0.05, 0) is 23.8 Å². The van der Waals surface area contributed by atoms with E-state index in [4.69, 9.17) is 10.5 Å². The average Bonchev–Trinajstić information content (AvgIpc) is 2.60. The van der Waals surface area contributed by atoms with E-state index in [1.54, 1.807) is 30.5 Å². The zero-order chi connectivity index (χ0) is 17.7. The third kappa shape index (κ3) is 4.25. The number of nitrogens with one attached hydrogen (secondary N) is 1. The van der Waals surface area contributed by atoms with Gasteiger partial charge in [0, 0.05) is 23.6 Å². The van der Waals surface area contributed by atoms with E-state index in [9.17, 15) is 13.2 Å². The van der Waals surface area contributed by atoms with Crippen LogP contribution in [-0.4, -0.2) is 38.2 Å². The summed E-state index contributed by atoms with van der Waals surface area (Å²) in [6.45, 7) is 0. The lowest BCUT2D eigenvalue weighted by molar-refractivity contribution is -0.120. The number of hydrogen-bond donors (Lipinski definition) is 3. The van der Waals surface area contributed by atoms with Crippen LogP contribution in [0.25, 0.3) is 11.1 Å². The van der Waals surface area contributed by atoms with E-state index in [2.05, 4.69) is 17.6 Å². The first-order valence-corrected chi connectivity index (χ1v) is 9.02. The van der Waals surface area contributed by atoms with Gasteiger partial charge >= 0.3 is 0 Å². The number of methoxy groups -OCH3 is 1. The van der Waals surface area contributed by atoms with Crippen LogP contribution in [0.2, 0.25) is 0 Å². The molecular weight excluding hydrogens is 350 g/mol. The van der Waals surface area contributed by atoms with Crippen LogP contribution in [0.5, 0.6) is 5.88 Å². The van der Waals surface area contributed by atoms with Crippen LogP contribution in [0.1, 0.15) is 0 Å². The lowest BCUT2D eigenvalue weighted by Crippen LogP contribution is -2.44. The highest BCUT2D eigenvalue weighted by Gasteiger charge is 2.21. The molecule has 1 amide bonds. The fourth-order valence-electron chi connectivity index (χ4n) is 1.86. The fraction of sp³-hybridized carbons (Fsp3) is 0.200. The van der Waals surface area contributed by atoms with Gasteiger partial charge in [0.15, 0.2) is 0 Å². The van der Waals surface area contributed by atoms with Gasteiger partial charge in [0.2, 0.25) is 5.88 Å². The topological polar surface area (TPSA) is 111 Å². The van der Waals surface area contributed by atoms with E-state index in [0.717, 1.165) is 0 Å². The van der Waals surface area contributed by atoms with Gasteiger partial charge in [-0.1, -0.05) is 12.1 Å². The van der Waals surface area contributed by atoms with Crippen LogP contribution in [0.4, 0.5) is 0 Å². The Labute approximate surface area is 145 Å². The summed E-state index contributed by atoms with van der Waals surface area (Å²) >= 11 is 3.87. The Bertz CT molecular complexity index is 823. The summed E-state index contributed by atoms with van der Waals surface area (Å²) in [6, 6.07) is 8.59. The lowest BCUT2D eigenvalue weighted by Gasteiger charge is -2.11. The molecule has 0 aliphatic carbocycles. The molecule has 0 fully saturated rings. The average molecular weight is 367 g/mol. The SMILES string of the molecule is COc1ccc(-c2cccc(S(=O)(=O)NC(=O)[C@@H](N)CS)c2)cn1. The molecule has 24 heavy (non-hydrogen) atoms. The van der Waals surface area contributed by atoms with Crippen molar-refractivity contribution in [1.29, 1.82) is 0 Å². The van der Waals surface area contributed by atoms with Gasteiger partial charge in [-0.3, -0.25) is 4.79 Å². The van der Waals surface area contributed by atoms with Crippen LogP contribution in [0.3, 0.4) is 0 Å². The minimum absolute atomic E-state index is 0.0406. The summed E-state index contributed by atoms with van der Waals surface area (Å²) < 4.78 is 31.5. The predicted molar refractivity (Wildman–Crippen MR) is 93.4 cm³/mol. The van der Waals surface area contributed by atoms with Crippen molar-refractivity contribution in [2.24, 2.45) is 5.73 Å². The molecule has 1 aromatic carbocycles. The van der Waals surface area contributed by atoms with Gasteiger partial charge in [-0.25, -0.2) is 18.1 Å². The van der Waals surface area contributed by atoms with E-state index < -0.39 is 22.0 Å². The Kier molecular flexibility index (Phi) is 5.81. The minimum Gasteiger partial charge on any atom is -0.481 e. The third-order valence-corrected chi connectivity index (χ3v) is 4.93. The molecule has 2 rings (SSSR count). The number of sulfonamides is 1. The van der Waals surface area contributed by atoms with Crippen molar-refractivity contribution in [3.05, 3.63) is 42.6 Å². The Balaban J connectivity index is 2.30. The number of ether oxygens (including phenoxy) is 1. The summed E-state index contributed by atoms with van der Waals surface area (Å²) in [5, 5.41) is 0. The van der Waals surface area contributed by atoms with Crippen molar-refractivity contribution in [2.45, 2.75) is 10.9 Å². The Morgan fingerprint density at radius 2 is 2.08 bits per heavy atom. The largest absolute Gasteiger partial charge is 0.481 e. The molecular formula is C15H17N3O4S2. The molecule has 128 valence electrons. The van der Waals surface area contributed by atoms with Crippen LogP contribution in [-0.2, 0) is 14.8 Å². The molecule has 3 N–H and O–H groups in total. The number of aromatic nitrogens is 1. The van der Waals surface area contributed by atoms with E-state index in [1.165, 1.54) is 19.2 Å². The molecule has 0 saturated carbocycles. The highest BCUT2D eigenvalue weighted by molar-refractivity contribution is 7.90. The molecule has 0 bridgehead atoms. The maximum absolute atomic E-state index is 12.3. The fourth-order valence-corrected chi connectivity index (χ4v) is 3.10. The number of hydrogen-bond acceptors (Lipinski definition) is 7. The van der Waals surface area contributed by atoms with E-state index in [1.807, 2.05) is 4.72 Å². The highest BCUT2D eigenvalue weighted by atomic mass is 32.2. The number of pyridine rings is 1. The maximum atomic E-state index is 12.3. The summed E-state index contributed by atoms with van der Waals surface area (Å²) in [7, 11) is -2.51. The van der Waals surface area contributed by atoms with Crippen molar-refractivity contribution in [2.75, 3.05) is 12.9 Å². The second-order valence-electron chi connectivity index (χ2n) is 4.88. The Morgan fingerprint density at radius 1 is 1.33 bits per heavy atom. The van der Waals surface area contributed by atoms with E-state index in [-0.39, 0.29) is 10.6 Å². The zero-order valence-corrected chi connectivity index (χ0v) is 14.5. The first kappa shape index (κ1) is 18.2. The molecule has 1 atom stereocenters. The van der Waals surface area contributed by atoms with Crippen molar-refractivity contribution in [1.82, 2.24) is 9.71 Å². The van der Waals surface area contributed by atoms with E-state index >= 15 is 0 Å². The molecule has 0 unspecified atom stereocenters. The highest BCUT2D eigenvalue weighted by Crippen LogP contribution is 2.23. The number of nitrogens with zero attached hydrogens (tertiary/aromatic N) is 1. The molecule has 0 aliphatic heterocycles. The van der Waals surface area contributed by atoms with Crippen molar-refractivity contribution in [3.8, 4) is 17.0 Å². The van der Waals surface area contributed by atoms with Crippen molar-refractivity contribution < 1.29 is 17.9 Å². The first-order chi connectivity index (χ1) is 11.4. The molecule has 9 heteroatoms. The number of rotatable bonds is 6. The molecule has 0 spiro atoms. The number of carbonyl (C=O) groups is 1. The van der Waals surface area contributed by atoms with Crippen LogP contribution >= 0.6 is 12.6 Å². The smallest absolute Gasteiger partial charge is 0.264 e. The summed E-state index contributed by atoms with van der Waals surface area (Å²) in [5.74, 6) is -0.309. The number of carbonyl (C=O) groups excluding carboxylic acids is 1. The number of thiol groups is 1. The molecule has 0 aliphatic rings. The second kappa shape index (κ2) is 7.65. The van der Waals surface area contributed by atoms with Crippen LogP contribution in [0, 0.1) is 0 Å². The van der Waals surface area contributed by atoms with Gasteiger partial charge in [0.05, 0.1) is 18.0 Å². The molecule has 2 aromatic rings. The van der Waals surface area contributed by atoms with Gasteiger partial charge in [0.1, 0.15) is 0 Å². The summed E-state index contributed by atoms with van der Waals surface area (Å²) in [4.78, 5) is 15.7. The number of amides is 1. The van der Waals surface area contributed by atoms with Crippen LogP contribution < -0.4 is 15.2 Å². The van der Waals surface area contributed by atoms with Crippen molar-refractivity contribution in [3.63, 3.8) is 0 Å². The van der Waals surface area contributed by atoms with E-state index in [0.29, 0.717) is 17.0 Å². The monoisotopic (exact) mass is 367 g/mol. The van der Waals surface area contributed by atoms with Crippen LogP contribution in [0.15, 0.2) is 47.5 Å². The molecule has 0 radical (unpaired) electrons. The zero-order valence-electron chi connectivity index (χ0n) is 12.8. The number of benzene rings is 1. The Hall–Kier alpha value is -2.10. The molecule has 1 heterocycles. The quantitative estimate of drug-likeness (QED) is 0.652. The standard InChI is InChI=1S/C15H17N3O4S2/c1-22-14-6-5-11(8-17-14)10-3-2-4-12(7-10)24(20,21)18-15(19)13(16)9-23/h2-8,13,23H,9,16H2,1H3,(H,18,19)/t13-/m0/s1. The van der Waals surface area contributed by atoms with Gasteiger partial charge < -0.3 is 10.5 Å². The van der Waals surface area contributed by atoms with Gasteiger partial charge in [0.25, 0.3) is 15.9 Å². The van der Waals surface area contributed by atoms with Gasteiger partial charge in [-0.2, -0.15) is 12.6 Å². The molecule has 0 saturated heterocycles. The molecule has 1 aromatic heterocycles. The number of nitrogens with two attached hydrogens (primary N) is 1. The maximum Gasteiger partial charge on any atom is 0.264 e. The predicted octanol–water partition coefficient (Wildman–Crippen LogP) is 0.819. The minimum atomic E-state index is -4.02. The third-order valence-electron chi connectivity index (χ3n) is 3.19.